The number of Topliss-reactive ketones (excluding diaryl/α,β-unsaturated/α-hetero) is 1. The standard InChI is InChI=1S/C16H13NO3/c1-20-16(11-7-3-2-4-8-11)14(18)12-9-5-6-10-13(12)15(19)17-16/h2-10H,1H3,(H,17,19). The van der Waals surface area contributed by atoms with Crippen LogP contribution in [0.1, 0.15) is 26.3 Å². The lowest BCUT2D eigenvalue weighted by atomic mass is 9.86. The van der Waals surface area contributed by atoms with Gasteiger partial charge in [0, 0.05) is 18.2 Å². The van der Waals surface area contributed by atoms with E-state index in [9.17, 15) is 9.59 Å². The lowest BCUT2D eigenvalue weighted by molar-refractivity contribution is -0.0219. The Balaban J connectivity index is 2.21. The first-order valence-corrected chi connectivity index (χ1v) is 6.26. The first-order valence-electron chi connectivity index (χ1n) is 6.26. The molecular weight excluding hydrogens is 254 g/mol. The number of nitrogens with one attached hydrogen (secondary N) is 1. The molecule has 1 aliphatic heterocycles. The van der Waals surface area contributed by atoms with Crippen molar-refractivity contribution >= 4 is 11.7 Å². The van der Waals surface area contributed by atoms with Gasteiger partial charge in [0.2, 0.25) is 11.5 Å². The van der Waals surface area contributed by atoms with Gasteiger partial charge in [-0.2, -0.15) is 0 Å². The maximum atomic E-state index is 12.8. The van der Waals surface area contributed by atoms with Crippen molar-refractivity contribution in [1.82, 2.24) is 5.32 Å². The maximum Gasteiger partial charge on any atom is 0.254 e. The molecule has 20 heavy (non-hydrogen) atoms. The molecule has 1 atom stereocenters. The fourth-order valence-electron chi connectivity index (χ4n) is 2.49. The Bertz CT molecular complexity index is 681. The summed E-state index contributed by atoms with van der Waals surface area (Å²) in [6.45, 7) is 0. The van der Waals surface area contributed by atoms with Crippen LogP contribution >= 0.6 is 0 Å². The van der Waals surface area contributed by atoms with E-state index >= 15 is 0 Å². The Morgan fingerprint density at radius 3 is 2.15 bits per heavy atom. The van der Waals surface area contributed by atoms with Crippen LogP contribution in [0.4, 0.5) is 0 Å². The molecule has 0 radical (unpaired) electrons. The van der Waals surface area contributed by atoms with E-state index < -0.39 is 5.72 Å². The van der Waals surface area contributed by atoms with E-state index in [1.165, 1.54) is 7.11 Å². The first-order chi connectivity index (χ1) is 9.69. The fraction of sp³-hybridized carbons (Fsp3) is 0.125. The van der Waals surface area contributed by atoms with Gasteiger partial charge in [0.25, 0.3) is 5.91 Å². The minimum absolute atomic E-state index is 0.263. The van der Waals surface area contributed by atoms with Gasteiger partial charge < -0.3 is 10.1 Å². The SMILES string of the molecule is COC1(c2ccccc2)NC(=O)c2ccccc2C1=O. The molecule has 3 rings (SSSR count). The van der Waals surface area contributed by atoms with Crippen LogP contribution in [0.25, 0.3) is 0 Å². The summed E-state index contributed by atoms with van der Waals surface area (Å²) in [6, 6.07) is 15.7. The highest BCUT2D eigenvalue weighted by molar-refractivity contribution is 6.16. The summed E-state index contributed by atoms with van der Waals surface area (Å²) in [7, 11) is 1.42. The predicted octanol–water partition coefficient (Wildman–Crippen LogP) is 2.11. The Morgan fingerprint density at radius 2 is 1.50 bits per heavy atom. The topological polar surface area (TPSA) is 55.4 Å². The fourth-order valence-corrected chi connectivity index (χ4v) is 2.49. The van der Waals surface area contributed by atoms with E-state index in [2.05, 4.69) is 5.32 Å². The zero-order valence-electron chi connectivity index (χ0n) is 10.9. The van der Waals surface area contributed by atoms with Crippen molar-refractivity contribution in [3.05, 3.63) is 71.3 Å². The summed E-state index contributed by atoms with van der Waals surface area (Å²) in [4.78, 5) is 25.0. The van der Waals surface area contributed by atoms with E-state index in [0.29, 0.717) is 16.7 Å². The van der Waals surface area contributed by atoms with Crippen molar-refractivity contribution in [3.63, 3.8) is 0 Å². The molecule has 4 nitrogen and oxygen atoms in total. The van der Waals surface area contributed by atoms with Gasteiger partial charge in [0.15, 0.2) is 0 Å². The Hall–Kier alpha value is -2.46. The first kappa shape index (κ1) is 12.6. The molecule has 1 unspecified atom stereocenters. The van der Waals surface area contributed by atoms with Crippen molar-refractivity contribution in [2.75, 3.05) is 7.11 Å². The van der Waals surface area contributed by atoms with Crippen LogP contribution in [0.2, 0.25) is 0 Å². The molecule has 0 aliphatic carbocycles. The molecule has 0 saturated heterocycles. The van der Waals surface area contributed by atoms with Crippen LogP contribution in [0.5, 0.6) is 0 Å². The number of hydrogen-bond acceptors (Lipinski definition) is 3. The number of benzene rings is 2. The maximum absolute atomic E-state index is 12.8. The molecule has 1 amide bonds. The zero-order chi connectivity index (χ0) is 14.2. The molecule has 0 spiro atoms. The van der Waals surface area contributed by atoms with E-state index in [0.717, 1.165) is 0 Å². The summed E-state index contributed by atoms with van der Waals surface area (Å²) < 4.78 is 5.42. The van der Waals surface area contributed by atoms with Crippen molar-refractivity contribution in [2.24, 2.45) is 0 Å². The summed E-state index contributed by atoms with van der Waals surface area (Å²) in [5.74, 6) is -0.577. The molecule has 4 heteroatoms. The van der Waals surface area contributed by atoms with Gasteiger partial charge in [-0.3, -0.25) is 9.59 Å². The number of methoxy groups -OCH3 is 1. The second kappa shape index (κ2) is 4.58. The summed E-state index contributed by atoms with van der Waals surface area (Å²) in [5, 5.41) is 2.69. The lowest BCUT2D eigenvalue weighted by Crippen LogP contribution is -2.56. The summed E-state index contributed by atoms with van der Waals surface area (Å²) in [5.41, 5.74) is -0.0920. The summed E-state index contributed by atoms with van der Waals surface area (Å²) >= 11 is 0. The molecule has 0 fully saturated rings. The quantitative estimate of drug-likeness (QED) is 0.906. The smallest absolute Gasteiger partial charge is 0.254 e. The zero-order valence-corrected chi connectivity index (χ0v) is 10.9. The van der Waals surface area contributed by atoms with Crippen LogP contribution in [0.3, 0.4) is 0 Å². The van der Waals surface area contributed by atoms with Gasteiger partial charge in [0.05, 0.1) is 5.56 Å². The monoisotopic (exact) mass is 267 g/mol. The van der Waals surface area contributed by atoms with Gasteiger partial charge in [-0.25, -0.2) is 0 Å². The Morgan fingerprint density at radius 1 is 0.900 bits per heavy atom. The molecule has 100 valence electrons. The van der Waals surface area contributed by atoms with Gasteiger partial charge in [-0.1, -0.05) is 48.5 Å². The highest BCUT2D eigenvalue weighted by Gasteiger charge is 2.47. The van der Waals surface area contributed by atoms with Crippen LogP contribution in [-0.4, -0.2) is 18.8 Å². The van der Waals surface area contributed by atoms with Gasteiger partial charge in [-0.05, 0) is 6.07 Å². The number of rotatable bonds is 2. The van der Waals surface area contributed by atoms with Gasteiger partial charge >= 0.3 is 0 Å². The molecule has 0 bridgehead atoms. The highest BCUT2D eigenvalue weighted by Crippen LogP contribution is 2.32. The van der Waals surface area contributed by atoms with Crippen LogP contribution in [-0.2, 0) is 10.5 Å². The Kier molecular flexibility index (Phi) is 2.88. The largest absolute Gasteiger partial charge is 0.348 e. The molecule has 2 aromatic rings. The van der Waals surface area contributed by atoms with E-state index in [1.807, 2.05) is 6.07 Å². The van der Waals surface area contributed by atoms with E-state index in [4.69, 9.17) is 4.74 Å². The average Bonchev–Trinajstić information content (AvgIpc) is 2.52. The van der Waals surface area contributed by atoms with Gasteiger partial charge in [0.1, 0.15) is 0 Å². The number of carbonyl (C=O) groups excluding carboxylic acids is 2. The highest BCUT2D eigenvalue weighted by atomic mass is 16.5. The number of hydrogen-bond donors (Lipinski definition) is 1. The minimum Gasteiger partial charge on any atom is -0.348 e. The third-order valence-electron chi connectivity index (χ3n) is 3.51. The van der Waals surface area contributed by atoms with Crippen LogP contribution in [0, 0.1) is 0 Å². The van der Waals surface area contributed by atoms with E-state index in [-0.39, 0.29) is 11.7 Å². The molecule has 1 N–H and O–H groups in total. The number of amides is 1. The number of ketones is 1. The second-order valence-electron chi connectivity index (χ2n) is 4.58. The number of ether oxygens (including phenoxy) is 1. The second-order valence-corrected chi connectivity index (χ2v) is 4.58. The van der Waals surface area contributed by atoms with Crippen LogP contribution in [0.15, 0.2) is 54.6 Å². The third kappa shape index (κ3) is 1.66. The van der Waals surface area contributed by atoms with Crippen molar-refractivity contribution < 1.29 is 14.3 Å². The molecule has 2 aromatic carbocycles. The van der Waals surface area contributed by atoms with Crippen LogP contribution < -0.4 is 5.32 Å². The minimum atomic E-state index is -1.45. The molecule has 0 aromatic heterocycles. The number of fused-ring (bicyclic) bond motifs is 1. The third-order valence-corrected chi connectivity index (χ3v) is 3.51. The number of carbonyl (C=O) groups is 2. The molecule has 1 heterocycles. The molecule has 0 saturated carbocycles. The normalized spacial score (nSPS) is 21.2. The van der Waals surface area contributed by atoms with Crippen molar-refractivity contribution in [1.29, 1.82) is 0 Å². The predicted molar refractivity (Wildman–Crippen MR) is 73.4 cm³/mol. The molecular formula is C16H13NO3. The van der Waals surface area contributed by atoms with Gasteiger partial charge in [-0.15, -0.1) is 0 Å². The lowest BCUT2D eigenvalue weighted by Gasteiger charge is -2.36. The van der Waals surface area contributed by atoms with Crippen molar-refractivity contribution in [3.8, 4) is 0 Å². The van der Waals surface area contributed by atoms with Crippen molar-refractivity contribution in [2.45, 2.75) is 5.72 Å². The molecule has 1 aliphatic rings. The van der Waals surface area contributed by atoms with E-state index in [1.54, 1.807) is 48.5 Å². The summed E-state index contributed by atoms with van der Waals surface area (Å²) in [6.07, 6.45) is 0. The average molecular weight is 267 g/mol. The Labute approximate surface area is 116 Å².